The lowest BCUT2D eigenvalue weighted by atomic mass is 10.1. The second-order valence-corrected chi connectivity index (χ2v) is 4.45. The number of nitrogens with zero attached hydrogens (tertiary/aromatic N) is 1. The summed E-state index contributed by atoms with van der Waals surface area (Å²) < 4.78 is 0. The van der Waals surface area contributed by atoms with E-state index in [0.717, 1.165) is 27.5 Å². The molecule has 0 aliphatic heterocycles. The van der Waals surface area contributed by atoms with Gasteiger partial charge in [0.05, 0.1) is 5.69 Å². The summed E-state index contributed by atoms with van der Waals surface area (Å²) >= 11 is 0. The van der Waals surface area contributed by atoms with Gasteiger partial charge in [0, 0.05) is 34.2 Å². The van der Waals surface area contributed by atoms with Gasteiger partial charge < -0.3 is 9.97 Å². The maximum absolute atomic E-state index is 11.9. The number of pyridine rings is 1. The minimum Gasteiger partial charge on any atom is -0.357 e. The predicted molar refractivity (Wildman–Crippen MR) is 74.0 cm³/mol. The SMILES string of the molecule is O=c1[nH]c2ccc(-c3ccn[nH]3)cc2c2cc[nH]c12. The molecule has 0 amide bonds. The van der Waals surface area contributed by atoms with Crippen LogP contribution in [0, 0.1) is 0 Å². The molecule has 0 unspecified atom stereocenters. The quantitative estimate of drug-likeness (QED) is 0.485. The van der Waals surface area contributed by atoms with Crippen LogP contribution in [-0.4, -0.2) is 20.2 Å². The first-order valence-corrected chi connectivity index (χ1v) is 5.96. The number of hydrogen-bond donors (Lipinski definition) is 3. The number of nitrogens with one attached hydrogen (secondary N) is 3. The van der Waals surface area contributed by atoms with Crippen molar-refractivity contribution in [3.05, 3.63) is 53.1 Å². The zero-order valence-corrected chi connectivity index (χ0v) is 9.90. The molecule has 0 aliphatic rings. The molecule has 0 saturated carbocycles. The smallest absolute Gasteiger partial charge is 0.272 e. The van der Waals surface area contributed by atoms with Crippen molar-refractivity contribution in [3.63, 3.8) is 0 Å². The normalized spacial score (nSPS) is 11.4. The maximum Gasteiger partial charge on any atom is 0.272 e. The summed E-state index contributed by atoms with van der Waals surface area (Å²) in [6.45, 7) is 0. The summed E-state index contributed by atoms with van der Waals surface area (Å²) in [5.41, 5.74) is 3.34. The van der Waals surface area contributed by atoms with Crippen LogP contribution in [0.1, 0.15) is 0 Å². The standard InChI is InChI=1S/C14H10N4O/c19-14-13-9(3-5-15-13)10-7-8(1-2-12(10)17-14)11-4-6-16-18-11/h1-7,15H,(H,16,18)(H,17,19). The van der Waals surface area contributed by atoms with E-state index in [-0.39, 0.29) is 5.56 Å². The molecule has 0 aliphatic carbocycles. The Balaban J connectivity index is 2.13. The third-order valence-corrected chi connectivity index (χ3v) is 3.34. The zero-order chi connectivity index (χ0) is 12.8. The Bertz CT molecular complexity index is 931. The van der Waals surface area contributed by atoms with Crippen molar-refractivity contribution in [3.8, 4) is 11.3 Å². The maximum atomic E-state index is 11.9. The lowest BCUT2D eigenvalue weighted by molar-refractivity contribution is 1.10. The molecule has 0 fully saturated rings. The van der Waals surface area contributed by atoms with E-state index in [0.29, 0.717) is 5.52 Å². The summed E-state index contributed by atoms with van der Waals surface area (Å²) in [5, 5.41) is 8.85. The fraction of sp³-hybridized carbons (Fsp3) is 0. The third-order valence-electron chi connectivity index (χ3n) is 3.34. The van der Waals surface area contributed by atoms with Crippen LogP contribution in [0.5, 0.6) is 0 Å². The highest BCUT2D eigenvalue weighted by Crippen LogP contribution is 2.25. The number of hydrogen-bond acceptors (Lipinski definition) is 2. The van der Waals surface area contributed by atoms with Gasteiger partial charge in [0.2, 0.25) is 0 Å². The fourth-order valence-corrected chi connectivity index (χ4v) is 2.43. The summed E-state index contributed by atoms with van der Waals surface area (Å²) in [5.74, 6) is 0. The summed E-state index contributed by atoms with van der Waals surface area (Å²) in [6.07, 6.45) is 3.50. The first-order chi connectivity index (χ1) is 9.33. The average molecular weight is 250 g/mol. The van der Waals surface area contributed by atoms with Crippen molar-refractivity contribution in [2.24, 2.45) is 0 Å². The van der Waals surface area contributed by atoms with Crippen LogP contribution in [0.25, 0.3) is 33.1 Å². The summed E-state index contributed by atoms with van der Waals surface area (Å²) in [4.78, 5) is 17.7. The number of aromatic nitrogens is 4. The van der Waals surface area contributed by atoms with Crippen LogP contribution in [0.4, 0.5) is 0 Å². The fourth-order valence-electron chi connectivity index (χ4n) is 2.43. The van der Waals surface area contributed by atoms with E-state index in [4.69, 9.17) is 0 Å². The van der Waals surface area contributed by atoms with Crippen LogP contribution in [0.2, 0.25) is 0 Å². The van der Waals surface area contributed by atoms with Crippen LogP contribution >= 0.6 is 0 Å². The molecule has 3 N–H and O–H groups in total. The Morgan fingerprint density at radius 2 is 2.00 bits per heavy atom. The van der Waals surface area contributed by atoms with E-state index in [1.54, 1.807) is 12.4 Å². The second kappa shape index (κ2) is 3.58. The number of H-pyrrole nitrogens is 3. The first-order valence-electron chi connectivity index (χ1n) is 5.96. The van der Waals surface area contributed by atoms with Gasteiger partial charge in [0.25, 0.3) is 5.56 Å². The van der Waals surface area contributed by atoms with E-state index in [2.05, 4.69) is 26.2 Å². The largest absolute Gasteiger partial charge is 0.357 e. The summed E-state index contributed by atoms with van der Waals surface area (Å²) in [6, 6.07) is 9.77. The van der Waals surface area contributed by atoms with E-state index in [1.807, 2.05) is 24.3 Å². The lowest BCUT2D eigenvalue weighted by Gasteiger charge is -2.03. The van der Waals surface area contributed by atoms with Gasteiger partial charge in [-0.3, -0.25) is 9.89 Å². The molecular weight excluding hydrogens is 240 g/mol. The molecule has 5 heteroatoms. The molecule has 92 valence electrons. The van der Waals surface area contributed by atoms with Crippen molar-refractivity contribution >= 4 is 21.8 Å². The molecule has 1 aromatic carbocycles. The van der Waals surface area contributed by atoms with E-state index in [9.17, 15) is 4.79 Å². The molecule has 3 aromatic heterocycles. The van der Waals surface area contributed by atoms with Gasteiger partial charge in [0.1, 0.15) is 5.52 Å². The van der Waals surface area contributed by atoms with Gasteiger partial charge in [-0.25, -0.2) is 0 Å². The van der Waals surface area contributed by atoms with Crippen molar-refractivity contribution in [2.75, 3.05) is 0 Å². The molecule has 5 nitrogen and oxygen atoms in total. The number of rotatable bonds is 1. The van der Waals surface area contributed by atoms with E-state index >= 15 is 0 Å². The minimum atomic E-state index is -0.0956. The van der Waals surface area contributed by atoms with Crippen LogP contribution in [0.15, 0.2) is 47.5 Å². The van der Waals surface area contributed by atoms with Crippen LogP contribution in [0.3, 0.4) is 0 Å². The number of fused-ring (bicyclic) bond motifs is 3. The third kappa shape index (κ3) is 1.41. The molecule has 19 heavy (non-hydrogen) atoms. The molecule has 0 radical (unpaired) electrons. The molecule has 4 aromatic rings. The van der Waals surface area contributed by atoms with Crippen LogP contribution in [-0.2, 0) is 0 Å². The molecule has 0 atom stereocenters. The number of benzene rings is 1. The van der Waals surface area contributed by atoms with Gasteiger partial charge >= 0.3 is 0 Å². The Labute approximate surface area is 107 Å². The van der Waals surface area contributed by atoms with Crippen molar-refractivity contribution < 1.29 is 0 Å². The molecule has 0 bridgehead atoms. The van der Waals surface area contributed by atoms with Gasteiger partial charge in [-0.1, -0.05) is 6.07 Å². The molecule has 0 spiro atoms. The Morgan fingerprint density at radius 1 is 1.05 bits per heavy atom. The second-order valence-electron chi connectivity index (χ2n) is 4.45. The van der Waals surface area contributed by atoms with Crippen molar-refractivity contribution in [1.82, 2.24) is 20.2 Å². The molecule has 0 saturated heterocycles. The van der Waals surface area contributed by atoms with Crippen molar-refractivity contribution in [2.45, 2.75) is 0 Å². The van der Waals surface area contributed by atoms with Gasteiger partial charge in [-0.05, 0) is 24.3 Å². The molecule has 3 heterocycles. The Morgan fingerprint density at radius 3 is 2.84 bits per heavy atom. The monoisotopic (exact) mass is 250 g/mol. The van der Waals surface area contributed by atoms with Gasteiger partial charge in [-0.15, -0.1) is 0 Å². The lowest BCUT2D eigenvalue weighted by Crippen LogP contribution is -2.05. The Kier molecular flexibility index (Phi) is 1.91. The molecular formula is C14H10N4O. The minimum absolute atomic E-state index is 0.0956. The highest BCUT2D eigenvalue weighted by atomic mass is 16.1. The predicted octanol–water partition coefficient (Wildman–Crippen LogP) is 2.40. The highest BCUT2D eigenvalue weighted by Gasteiger charge is 2.07. The van der Waals surface area contributed by atoms with E-state index < -0.39 is 0 Å². The summed E-state index contributed by atoms with van der Waals surface area (Å²) in [7, 11) is 0. The topological polar surface area (TPSA) is 77.3 Å². The first kappa shape index (κ1) is 10.1. The zero-order valence-electron chi connectivity index (χ0n) is 9.90. The van der Waals surface area contributed by atoms with Gasteiger partial charge in [0.15, 0.2) is 0 Å². The van der Waals surface area contributed by atoms with Crippen molar-refractivity contribution in [1.29, 1.82) is 0 Å². The van der Waals surface area contributed by atoms with Crippen LogP contribution < -0.4 is 5.56 Å². The van der Waals surface area contributed by atoms with E-state index in [1.165, 1.54) is 0 Å². The Hall–Kier alpha value is -2.82. The highest BCUT2D eigenvalue weighted by molar-refractivity contribution is 6.05. The van der Waals surface area contributed by atoms with Gasteiger partial charge in [-0.2, -0.15) is 5.10 Å². The average Bonchev–Trinajstić information content (AvgIpc) is 3.10. The molecule has 4 rings (SSSR count). The number of aromatic amines is 3.